The van der Waals surface area contributed by atoms with Crippen LogP contribution in [-0.4, -0.2) is 88.5 Å². The second-order valence-corrected chi connectivity index (χ2v) is 7.73. The van der Waals surface area contributed by atoms with Gasteiger partial charge in [-0.2, -0.15) is 4.98 Å². The van der Waals surface area contributed by atoms with Gasteiger partial charge in [0.2, 0.25) is 11.8 Å². The van der Waals surface area contributed by atoms with E-state index in [4.69, 9.17) is 29.1 Å². The quantitative estimate of drug-likeness (QED) is 0.622. The topological polar surface area (TPSA) is 159 Å². The van der Waals surface area contributed by atoms with Gasteiger partial charge in [0.15, 0.2) is 5.82 Å². The van der Waals surface area contributed by atoms with Gasteiger partial charge in [0, 0.05) is 37.8 Å². The zero-order valence-corrected chi connectivity index (χ0v) is 18.5. The lowest BCUT2D eigenvalue weighted by molar-refractivity contribution is -0.135. The van der Waals surface area contributed by atoms with Crippen molar-refractivity contribution in [2.45, 2.75) is 26.2 Å². The first-order chi connectivity index (χ1) is 16.0. The second kappa shape index (κ2) is 13.1. The summed E-state index contributed by atoms with van der Waals surface area (Å²) in [5.41, 5.74) is 1.04. The van der Waals surface area contributed by atoms with Crippen LogP contribution in [0.2, 0.25) is 0 Å². The Labute approximate surface area is 191 Å². The first kappa shape index (κ1) is 25.7. The summed E-state index contributed by atoms with van der Waals surface area (Å²) in [5, 5.41) is 17.5. The standard InChI is InChI=1S/C19H25N5O3.2CH2O2/c1-15-21-17(27-22-15)10-18(25)24-7-3-5-19(13-24)12-23(8-9-26-14-19)16-4-2-6-20-11-16;2*2-1-3/h2,4,6,11H,3,5,7-10,12-14H2,1H3;2*1H,(H,2,3). The highest BCUT2D eigenvalue weighted by molar-refractivity contribution is 5.78. The molecule has 12 heteroatoms. The van der Waals surface area contributed by atoms with Gasteiger partial charge in [-0.05, 0) is 31.9 Å². The molecule has 2 fully saturated rings. The SMILES string of the molecule is Cc1noc(CC(=O)N2CCCC3(COCCN(c4cccnc4)C3)C2)n1.O=CO.O=CO. The van der Waals surface area contributed by atoms with E-state index in [1.807, 2.05) is 17.2 Å². The van der Waals surface area contributed by atoms with Gasteiger partial charge in [-0.3, -0.25) is 19.4 Å². The fourth-order valence-electron chi connectivity index (χ4n) is 4.07. The summed E-state index contributed by atoms with van der Waals surface area (Å²) < 4.78 is 11.1. The van der Waals surface area contributed by atoms with Crippen LogP contribution in [0.4, 0.5) is 5.69 Å². The third kappa shape index (κ3) is 7.83. The van der Waals surface area contributed by atoms with Crippen LogP contribution in [0.15, 0.2) is 29.0 Å². The van der Waals surface area contributed by atoms with Crippen LogP contribution in [0.25, 0.3) is 0 Å². The number of amides is 1. The fraction of sp³-hybridized carbons (Fsp3) is 0.524. The van der Waals surface area contributed by atoms with Gasteiger partial charge < -0.3 is 29.3 Å². The molecule has 0 aliphatic carbocycles. The fourth-order valence-corrected chi connectivity index (χ4v) is 4.07. The molecule has 2 aliphatic heterocycles. The third-order valence-electron chi connectivity index (χ3n) is 5.34. The Morgan fingerprint density at radius 3 is 2.64 bits per heavy atom. The van der Waals surface area contributed by atoms with E-state index in [-0.39, 0.29) is 30.7 Å². The Morgan fingerprint density at radius 1 is 1.24 bits per heavy atom. The summed E-state index contributed by atoms with van der Waals surface area (Å²) in [6.45, 7) is 5.77. The van der Waals surface area contributed by atoms with Crippen molar-refractivity contribution in [1.29, 1.82) is 0 Å². The maximum atomic E-state index is 12.8. The van der Waals surface area contributed by atoms with E-state index < -0.39 is 0 Å². The molecule has 0 bridgehead atoms. The molecular formula is C21H29N5O7. The monoisotopic (exact) mass is 463 g/mol. The molecule has 2 aromatic heterocycles. The summed E-state index contributed by atoms with van der Waals surface area (Å²) in [4.78, 5) is 42.2. The van der Waals surface area contributed by atoms with Crippen molar-refractivity contribution >= 4 is 24.5 Å². The van der Waals surface area contributed by atoms with Gasteiger partial charge in [-0.25, -0.2) is 0 Å². The van der Waals surface area contributed by atoms with Crippen LogP contribution in [0, 0.1) is 12.3 Å². The lowest BCUT2D eigenvalue weighted by atomic mass is 9.80. The molecule has 12 nitrogen and oxygen atoms in total. The summed E-state index contributed by atoms with van der Waals surface area (Å²) in [6.07, 6.45) is 5.85. The van der Waals surface area contributed by atoms with E-state index in [1.54, 1.807) is 13.1 Å². The Balaban J connectivity index is 0.000000582. The van der Waals surface area contributed by atoms with Gasteiger partial charge in [-0.1, -0.05) is 5.16 Å². The van der Waals surface area contributed by atoms with E-state index in [0.717, 1.165) is 38.2 Å². The molecule has 33 heavy (non-hydrogen) atoms. The zero-order chi connectivity index (χ0) is 24.1. The number of nitrogens with zero attached hydrogens (tertiary/aromatic N) is 5. The number of aryl methyl sites for hydroxylation is 1. The molecule has 0 aromatic carbocycles. The zero-order valence-electron chi connectivity index (χ0n) is 18.5. The maximum Gasteiger partial charge on any atom is 0.290 e. The predicted molar refractivity (Wildman–Crippen MR) is 116 cm³/mol. The maximum absolute atomic E-state index is 12.8. The molecule has 1 unspecified atom stereocenters. The van der Waals surface area contributed by atoms with Crippen LogP contribution in [0.3, 0.4) is 0 Å². The van der Waals surface area contributed by atoms with Gasteiger partial charge in [0.1, 0.15) is 6.42 Å². The van der Waals surface area contributed by atoms with Crippen molar-refractivity contribution in [2.24, 2.45) is 5.41 Å². The highest BCUT2D eigenvalue weighted by Crippen LogP contribution is 2.34. The molecule has 0 radical (unpaired) electrons. The van der Waals surface area contributed by atoms with E-state index >= 15 is 0 Å². The molecule has 1 amide bonds. The number of carbonyl (C=O) groups is 3. The lowest BCUT2D eigenvalue weighted by Gasteiger charge is -2.43. The van der Waals surface area contributed by atoms with Crippen molar-refractivity contribution in [3.63, 3.8) is 0 Å². The molecule has 2 saturated heterocycles. The van der Waals surface area contributed by atoms with Crippen molar-refractivity contribution in [3.05, 3.63) is 36.2 Å². The van der Waals surface area contributed by atoms with Gasteiger partial charge in [0.05, 0.1) is 25.1 Å². The minimum absolute atomic E-state index is 0.0369. The van der Waals surface area contributed by atoms with Crippen LogP contribution in [0.5, 0.6) is 0 Å². The molecule has 2 N–H and O–H groups in total. The lowest BCUT2D eigenvalue weighted by Crippen LogP contribution is -2.52. The third-order valence-corrected chi connectivity index (χ3v) is 5.34. The van der Waals surface area contributed by atoms with Crippen molar-refractivity contribution in [3.8, 4) is 0 Å². The Bertz CT molecular complexity index is 873. The van der Waals surface area contributed by atoms with Gasteiger partial charge >= 0.3 is 0 Å². The van der Waals surface area contributed by atoms with Crippen molar-refractivity contribution in [2.75, 3.05) is 44.3 Å². The smallest absolute Gasteiger partial charge is 0.290 e. The number of pyridine rings is 1. The number of likely N-dealkylation sites (tertiary alicyclic amines) is 1. The van der Waals surface area contributed by atoms with Crippen molar-refractivity contribution < 1.29 is 33.9 Å². The number of ether oxygens (including phenoxy) is 1. The van der Waals surface area contributed by atoms with Crippen LogP contribution < -0.4 is 4.90 Å². The predicted octanol–water partition coefficient (Wildman–Crippen LogP) is 0.863. The number of hydrogen-bond donors (Lipinski definition) is 2. The normalized spacial score (nSPS) is 19.9. The Hall–Kier alpha value is -3.54. The van der Waals surface area contributed by atoms with Crippen LogP contribution >= 0.6 is 0 Å². The highest BCUT2D eigenvalue weighted by atomic mass is 16.5. The first-order valence-electron chi connectivity index (χ1n) is 10.4. The summed E-state index contributed by atoms with van der Waals surface area (Å²) >= 11 is 0. The van der Waals surface area contributed by atoms with E-state index in [1.165, 1.54) is 0 Å². The number of anilines is 1. The van der Waals surface area contributed by atoms with Gasteiger partial charge in [0.25, 0.3) is 12.9 Å². The minimum atomic E-state index is -0.250. The number of piperidine rings is 1. The molecule has 2 aromatic rings. The highest BCUT2D eigenvalue weighted by Gasteiger charge is 2.40. The molecule has 0 saturated carbocycles. The number of rotatable bonds is 3. The largest absolute Gasteiger partial charge is 0.483 e. The van der Waals surface area contributed by atoms with Gasteiger partial charge in [-0.15, -0.1) is 0 Å². The number of hydrogen-bond acceptors (Lipinski definition) is 9. The first-order valence-corrected chi connectivity index (χ1v) is 10.4. The number of carboxylic acid groups (broad SMARTS) is 2. The van der Waals surface area contributed by atoms with E-state index in [2.05, 4.69) is 26.1 Å². The second-order valence-electron chi connectivity index (χ2n) is 7.73. The number of aromatic nitrogens is 3. The average Bonchev–Trinajstić information content (AvgIpc) is 3.11. The van der Waals surface area contributed by atoms with Crippen LogP contribution in [0.1, 0.15) is 24.6 Å². The molecular weight excluding hydrogens is 434 g/mol. The summed E-state index contributed by atoms with van der Waals surface area (Å²) in [7, 11) is 0. The van der Waals surface area contributed by atoms with Crippen molar-refractivity contribution in [1.82, 2.24) is 20.0 Å². The molecule has 2 aliphatic rings. The van der Waals surface area contributed by atoms with E-state index in [9.17, 15) is 4.79 Å². The Kier molecular flexibility index (Phi) is 10.2. The minimum Gasteiger partial charge on any atom is -0.483 e. The summed E-state index contributed by atoms with van der Waals surface area (Å²) in [6, 6.07) is 4.03. The molecule has 4 rings (SSSR count). The molecule has 1 spiro atoms. The molecule has 180 valence electrons. The average molecular weight is 463 g/mol. The van der Waals surface area contributed by atoms with Crippen LogP contribution in [-0.2, 0) is 25.5 Å². The molecule has 1 atom stereocenters. The molecule has 4 heterocycles. The number of carbonyl (C=O) groups excluding carboxylic acids is 1. The Morgan fingerprint density at radius 2 is 2.00 bits per heavy atom. The van der Waals surface area contributed by atoms with E-state index in [0.29, 0.717) is 31.5 Å². The summed E-state index contributed by atoms with van der Waals surface area (Å²) in [5.74, 6) is 0.971.